The number of benzene rings is 2. The van der Waals surface area contributed by atoms with Crippen molar-refractivity contribution in [3.8, 4) is 5.75 Å². The number of allylic oxidation sites excluding steroid dienone is 1. The molecule has 25 heavy (non-hydrogen) atoms. The van der Waals surface area contributed by atoms with Gasteiger partial charge in [0.05, 0.1) is 0 Å². The van der Waals surface area contributed by atoms with Crippen LogP contribution in [0.3, 0.4) is 0 Å². The van der Waals surface area contributed by atoms with Crippen molar-refractivity contribution in [2.24, 2.45) is 0 Å². The van der Waals surface area contributed by atoms with Crippen molar-refractivity contribution < 1.29 is 14.3 Å². The molecule has 0 unspecified atom stereocenters. The monoisotopic (exact) mass is 412 g/mol. The molecule has 0 radical (unpaired) electrons. The summed E-state index contributed by atoms with van der Waals surface area (Å²) < 4.78 is 6.36. The van der Waals surface area contributed by atoms with Gasteiger partial charge in [-0.25, -0.2) is 4.79 Å². The van der Waals surface area contributed by atoms with E-state index in [4.69, 9.17) is 4.74 Å². The minimum atomic E-state index is -0.407. The second kappa shape index (κ2) is 8.05. The van der Waals surface area contributed by atoms with Crippen molar-refractivity contribution in [2.75, 3.05) is 0 Å². The van der Waals surface area contributed by atoms with Crippen molar-refractivity contribution in [1.29, 1.82) is 0 Å². The number of carbonyl (C=O) groups is 2. The number of esters is 1. The Morgan fingerprint density at radius 1 is 0.960 bits per heavy atom. The Morgan fingerprint density at radius 3 is 2.44 bits per heavy atom. The number of hydrogen-bond acceptors (Lipinski definition) is 4. The van der Waals surface area contributed by atoms with Crippen molar-refractivity contribution in [2.45, 2.75) is 0 Å². The van der Waals surface area contributed by atoms with Crippen LogP contribution in [-0.2, 0) is 0 Å². The minimum Gasteiger partial charge on any atom is -0.422 e. The summed E-state index contributed by atoms with van der Waals surface area (Å²) in [4.78, 5) is 24.9. The van der Waals surface area contributed by atoms with Crippen LogP contribution in [0.2, 0.25) is 0 Å². The zero-order valence-corrected chi connectivity index (χ0v) is 15.4. The lowest BCUT2D eigenvalue weighted by Gasteiger charge is -2.06. The molecule has 0 atom stereocenters. The molecule has 0 fully saturated rings. The molecule has 5 heteroatoms. The van der Waals surface area contributed by atoms with Gasteiger partial charge in [0.2, 0.25) is 0 Å². The van der Waals surface area contributed by atoms with Crippen LogP contribution in [0.4, 0.5) is 0 Å². The fraction of sp³-hybridized carbons (Fsp3) is 0. The SMILES string of the molecule is O=C(C=Cc1ccccc1OC(=O)c1cccs1)c1ccc(Br)cc1. The van der Waals surface area contributed by atoms with Crippen molar-refractivity contribution in [3.63, 3.8) is 0 Å². The summed E-state index contributed by atoms with van der Waals surface area (Å²) in [6, 6.07) is 17.7. The third-order valence-electron chi connectivity index (χ3n) is 3.39. The van der Waals surface area contributed by atoms with Crippen LogP contribution in [-0.4, -0.2) is 11.8 Å². The first kappa shape index (κ1) is 17.3. The van der Waals surface area contributed by atoms with Crippen LogP contribution >= 0.6 is 27.3 Å². The number of carbonyl (C=O) groups excluding carboxylic acids is 2. The quantitative estimate of drug-likeness (QED) is 0.236. The smallest absolute Gasteiger partial charge is 0.353 e. The Morgan fingerprint density at radius 2 is 1.72 bits per heavy atom. The predicted octanol–water partition coefficient (Wildman–Crippen LogP) is 5.63. The van der Waals surface area contributed by atoms with E-state index in [1.54, 1.807) is 48.5 Å². The molecule has 0 aliphatic rings. The fourth-order valence-electron chi connectivity index (χ4n) is 2.13. The van der Waals surface area contributed by atoms with E-state index < -0.39 is 5.97 Å². The summed E-state index contributed by atoms with van der Waals surface area (Å²) in [6.45, 7) is 0. The number of ketones is 1. The number of hydrogen-bond donors (Lipinski definition) is 0. The van der Waals surface area contributed by atoms with E-state index in [2.05, 4.69) is 15.9 Å². The zero-order valence-electron chi connectivity index (χ0n) is 13.0. The van der Waals surface area contributed by atoms with Gasteiger partial charge in [0.1, 0.15) is 10.6 Å². The molecule has 0 N–H and O–H groups in total. The molecule has 0 saturated heterocycles. The van der Waals surface area contributed by atoms with E-state index >= 15 is 0 Å². The van der Waals surface area contributed by atoms with Gasteiger partial charge in [0, 0.05) is 15.6 Å². The normalized spacial score (nSPS) is 10.8. The van der Waals surface area contributed by atoms with Crippen LogP contribution < -0.4 is 4.74 Å². The number of thiophene rings is 1. The molecule has 3 rings (SSSR count). The summed E-state index contributed by atoms with van der Waals surface area (Å²) in [5.41, 5.74) is 1.25. The highest BCUT2D eigenvalue weighted by atomic mass is 79.9. The lowest BCUT2D eigenvalue weighted by Crippen LogP contribution is -2.07. The van der Waals surface area contributed by atoms with Gasteiger partial charge in [-0.05, 0) is 53.9 Å². The first-order valence-corrected chi connectivity index (χ1v) is 9.13. The molecule has 3 aromatic rings. The minimum absolute atomic E-state index is 0.119. The Labute approximate surface area is 157 Å². The van der Waals surface area contributed by atoms with Gasteiger partial charge >= 0.3 is 5.97 Å². The molecule has 3 nitrogen and oxygen atoms in total. The highest BCUT2D eigenvalue weighted by Crippen LogP contribution is 2.22. The first-order valence-electron chi connectivity index (χ1n) is 7.46. The third kappa shape index (κ3) is 4.53. The summed E-state index contributed by atoms with van der Waals surface area (Å²) in [7, 11) is 0. The maximum Gasteiger partial charge on any atom is 0.353 e. The van der Waals surface area contributed by atoms with E-state index in [-0.39, 0.29) is 5.78 Å². The van der Waals surface area contributed by atoms with Gasteiger partial charge in [0.15, 0.2) is 5.78 Å². The first-order chi connectivity index (χ1) is 12.1. The van der Waals surface area contributed by atoms with E-state index in [0.29, 0.717) is 21.8 Å². The van der Waals surface area contributed by atoms with Crippen molar-refractivity contribution >= 4 is 45.1 Å². The van der Waals surface area contributed by atoms with Gasteiger partial charge in [-0.1, -0.05) is 40.2 Å². The standard InChI is InChI=1S/C20H13BrO3S/c21-16-10-7-14(8-11-16)17(22)12-9-15-4-1-2-5-18(15)24-20(23)19-6-3-13-25-19/h1-13H. The molecule has 0 amide bonds. The largest absolute Gasteiger partial charge is 0.422 e. The topological polar surface area (TPSA) is 43.4 Å². The lowest BCUT2D eigenvalue weighted by atomic mass is 10.1. The van der Waals surface area contributed by atoms with Crippen LogP contribution in [0.15, 0.2) is 76.6 Å². The predicted molar refractivity (Wildman–Crippen MR) is 103 cm³/mol. The third-order valence-corrected chi connectivity index (χ3v) is 4.77. The highest BCUT2D eigenvalue weighted by molar-refractivity contribution is 9.10. The Kier molecular flexibility index (Phi) is 5.58. The summed E-state index contributed by atoms with van der Waals surface area (Å²) in [5.74, 6) is -0.109. The summed E-state index contributed by atoms with van der Waals surface area (Å²) >= 11 is 4.66. The van der Waals surface area contributed by atoms with Gasteiger partial charge < -0.3 is 4.74 Å². The molecule has 0 spiro atoms. The summed E-state index contributed by atoms with van der Waals surface area (Å²) in [5, 5.41) is 1.82. The Balaban J connectivity index is 1.77. The average Bonchev–Trinajstić information content (AvgIpc) is 3.16. The molecule has 1 heterocycles. The molecular formula is C20H13BrO3S. The molecule has 0 saturated carbocycles. The maximum atomic E-state index is 12.2. The number of rotatable bonds is 5. The van der Waals surface area contributed by atoms with Gasteiger partial charge in [-0.2, -0.15) is 0 Å². The van der Waals surface area contributed by atoms with Crippen molar-refractivity contribution in [3.05, 3.63) is 92.6 Å². The number of ether oxygens (including phenoxy) is 1. The van der Waals surface area contributed by atoms with Gasteiger partial charge in [0.25, 0.3) is 0 Å². The second-order valence-corrected chi connectivity index (χ2v) is 6.97. The number of para-hydroxylation sites is 1. The van der Waals surface area contributed by atoms with E-state index in [9.17, 15) is 9.59 Å². The van der Waals surface area contributed by atoms with Gasteiger partial charge in [-0.15, -0.1) is 11.3 Å². The molecule has 0 bridgehead atoms. The molecule has 2 aromatic carbocycles. The maximum absolute atomic E-state index is 12.2. The number of halogens is 1. The Hall–Kier alpha value is -2.50. The molecular weight excluding hydrogens is 400 g/mol. The fourth-order valence-corrected chi connectivity index (χ4v) is 2.99. The average molecular weight is 413 g/mol. The molecule has 1 aromatic heterocycles. The van der Waals surface area contributed by atoms with Crippen LogP contribution in [0.25, 0.3) is 6.08 Å². The summed E-state index contributed by atoms with van der Waals surface area (Å²) in [6.07, 6.45) is 3.13. The van der Waals surface area contributed by atoms with E-state index in [1.807, 2.05) is 23.6 Å². The van der Waals surface area contributed by atoms with Crippen LogP contribution in [0, 0.1) is 0 Å². The van der Waals surface area contributed by atoms with Crippen LogP contribution in [0.1, 0.15) is 25.6 Å². The molecule has 0 aliphatic carbocycles. The van der Waals surface area contributed by atoms with Crippen molar-refractivity contribution in [1.82, 2.24) is 0 Å². The van der Waals surface area contributed by atoms with E-state index in [0.717, 1.165) is 4.47 Å². The van der Waals surface area contributed by atoms with E-state index in [1.165, 1.54) is 17.4 Å². The zero-order chi connectivity index (χ0) is 17.6. The molecule has 124 valence electrons. The Bertz CT molecular complexity index is 912. The van der Waals surface area contributed by atoms with Gasteiger partial charge in [-0.3, -0.25) is 4.79 Å². The lowest BCUT2D eigenvalue weighted by molar-refractivity contribution is 0.0739. The molecule has 0 aliphatic heterocycles. The highest BCUT2D eigenvalue weighted by Gasteiger charge is 2.11. The van der Waals surface area contributed by atoms with Crippen LogP contribution in [0.5, 0.6) is 5.75 Å². The second-order valence-electron chi connectivity index (χ2n) is 5.11.